The SMILES string of the molecule is CCOC(=O)N[C@H](Cc1ccccc1)C(=O)N/N=C\c1ccc(OCc2ccc(Cl)c(Cl)c2)c(OC)c1. The number of hydrazone groups is 1. The molecule has 2 N–H and O–H groups in total. The summed E-state index contributed by atoms with van der Waals surface area (Å²) in [7, 11) is 1.53. The van der Waals surface area contributed by atoms with Gasteiger partial charge in [-0.2, -0.15) is 5.10 Å². The van der Waals surface area contributed by atoms with Gasteiger partial charge in [0.15, 0.2) is 11.5 Å². The summed E-state index contributed by atoms with van der Waals surface area (Å²) in [5, 5.41) is 7.53. The largest absolute Gasteiger partial charge is 0.493 e. The first-order chi connectivity index (χ1) is 17.9. The van der Waals surface area contributed by atoms with Gasteiger partial charge in [-0.3, -0.25) is 4.79 Å². The van der Waals surface area contributed by atoms with E-state index in [1.165, 1.54) is 13.3 Å². The van der Waals surface area contributed by atoms with Crippen molar-refractivity contribution in [2.24, 2.45) is 5.10 Å². The molecule has 0 saturated carbocycles. The van der Waals surface area contributed by atoms with Crippen LogP contribution in [-0.4, -0.2) is 38.0 Å². The molecule has 3 aromatic carbocycles. The number of carbonyl (C=O) groups is 2. The molecule has 0 aliphatic rings. The quantitative estimate of drug-likeness (QED) is 0.249. The summed E-state index contributed by atoms with van der Waals surface area (Å²) in [5.41, 5.74) is 4.87. The van der Waals surface area contributed by atoms with Gasteiger partial charge in [-0.15, -0.1) is 0 Å². The van der Waals surface area contributed by atoms with Gasteiger partial charge in [0.1, 0.15) is 12.6 Å². The molecule has 8 nitrogen and oxygen atoms in total. The molecule has 0 aliphatic carbocycles. The Morgan fingerprint density at radius 2 is 1.76 bits per heavy atom. The molecule has 0 spiro atoms. The Morgan fingerprint density at radius 3 is 2.46 bits per heavy atom. The Balaban J connectivity index is 1.63. The summed E-state index contributed by atoms with van der Waals surface area (Å²) in [5.74, 6) is 0.527. The zero-order valence-corrected chi connectivity index (χ0v) is 21.9. The molecule has 37 heavy (non-hydrogen) atoms. The highest BCUT2D eigenvalue weighted by molar-refractivity contribution is 6.42. The Bertz CT molecular complexity index is 1240. The molecule has 0 aromatic heterocycles. The fourth-order valence-electron chi connectivity index (χ4n) is 3.30. The van der Waals surface area contributed by atoms with Crippen molar-refractivity contribution in [1.29, 1.82) is 0 Å². The van der Waals surface area contributed by atoms with Crippen LogP contribution in [-0.2, 0) is 22.6 Å². The molecule has 3 aromatic rings. The standard InChI is InChI=1S/C27H27Cl2N3O5/c1-3-36-27(34)31-23(14-18-7-5-4-6-8-18)26(33)32-30-16-19-10-12-24(25(15-19)35-2)37-17-20-9-11-21(28)22(29)13-20/h4-13,15-16,23H,3,14,17H2,1-2H3,(H,31,34)(H,32,33)/b30-16-/t23-/m1/s1. The van der Waals surface area contributed by atoms with Gasteiger partial charge in [0.05, 0.1) is 30.0 Å². The summed E-state index contributed by atoms with van der Waals surface area (Å²) >= 11 is 12.0. The van der Waals surface area contributed by atoms with Gasteiger partial charge in [-0.25, -0.2) is 10.2 Å². The minimum Gasteiger partial charge on any atom is -0.493 e. The van der Waals surface area contributed by atoms with Crippen LogP contribution in [0.5, 0.6) is 11.5 Å². The number of hydrogen-bond donors (Lipinski definition) is 2. The molecule has 0 unspecified atom stereocenters. The van der Waals surface area contributed by atoms with Gasteiger partial charge in [-0.05, 0) is 53.9 Å². The van der Waals surface area contributed by atoms with Crippen molar-refractivity contribution in [3.63, 3.8) is 0 Å². The topological polar surface area (TPSA) is 98.2 Å². The second-order valence-corrected chi connectivity index (χ2v) is 8.60. The van der Waals surface area contributed by atoms with Crippen molar-refractivity contribution in [2.45, 2.75) is 26.0 Å². The van der Waals surface area contributed by atoms with Crippen LogP contribution in [0.2, 0.25) is 10.0 Å². The maximum absolute atomic E-state index is 12.8. The summed E-state index contributed by atoms with van der Waals surface area (Å²) in [6.45, 7) is 2.15. The number of amides is 2. The predicted octanol–water partition coefficient (Wildman–Crippen LogP) is 5.39. The predicted molar refractivity (Wildman–Crippen MR) is 144 cm³/mol. The number of nitrogens with zero attached hydrogens (tertiary/aromatic N) is 1. The maximum Gasteiger partial charge on any atom is 0.407 e. The van der Waals surface area contributed by atoms with Gasteiger partial charge in [0.2, 0.25) is 0 Å². The molecule has 0 heterocycles. The van der Waals surface area contributed by atoms with Crippen molar-refractivity contribution >= 4 is 41.4 Å². The number of ether oxygens (including phenoxy) is 3. The molecule has 0 saturated heterocycles. The third-order valence-electron chi connectivity index (χ3n) is 5.12. The van der Waals surface area contributed by atoms with Crippen LogP contribution in [0.4, 0.5) is 4.79 Å². The van der Waals surface area contributed by atoms with Gasteiger partial charge < -0.3 is 19.5 Å². The van der Waals surface area contributed by atoms with E-state index in [0.717, 1.165) is 11.1 Å². The molecule has 0 fully saturated rings. The summed E-state index contributed by atoms with van der Waals surface area (Å²) < 4.78 is 16.2. The second-order valence-electron chi connectivity index (χ2n) is 7.79. The zero-order valence-electron chi connectivity index (χ0n) is 20.4. The minimum absolute atomic E-state index is 0.193. The Hall–Kier alpha value is -3.75. The first kappa shape index (κ1) is 27.8. The van der Waals surface area contributed by atoms with Crippen LogP contribution in [0.15, 0.2) is 71.8 Å². The molecule has 1 atom stereocenters. The average Bonchev–Trinajstić information content (AvgIpc) is 2.90. The van der Waals surface area contributed by atoms with Gasteiger partial charge >= 0.3 is 6.09 Å². The molecule has 0 radical (unpaired) electrons. The number of carbonyl (C=O) groups excluding carboxylic acids is 2. The van der Waals surface area contributed by atoms with Crippen molar-refractivity contribution in [3.05, 3.63) is 93.5 Å². The maximum atomic E-state index is 12.8. The van der Waals surface area contributed by atoms with E-state index in [1.54, 1.807) is 37.3 Å². The lowest BCUT2D eigenvalue weighted by atomic mass is 10.1. The lowest BCUT2D eigenvalue weighted by molar-refractivity contribution is -0.123. The van der Waals surface area contributed by atoms with Crippen LogP contribution in [0, 0.1) is 0 Å². The first-order valence-electron chi connectivity index (χ1n) is 11.4. The van der Waals surface area contributed by atoms with E-state index < -0.39 is 18.0 Å². The number of alkyl carbamates (subject to hydrolysis) is 1. The fourth-order valence-corrected chi connectivity index (χ4v) is 3.62. The smallest absolute Gasteiger partial charge is 0.407 e. The van der Waals surface area contributed by atoms with E-state index >= 15 is 0 Å². The second kappa shape index (κ2) is 14.1. The van der Waals surface area contributed by atoms with Crippen LogP contribution in [0.25, 0.3) is 0 Å². The minimum atomic E-state index is -0.870. The fraction of sp³-hybridized carbons (Fsp3) is 0.222. The average molecular weight is 544 g/mol. The number of benzene rings is 3. The van der Waals surface area contributed by atoms with Crippen LogP contribution in [0.1, 0.15) is 23.6 Å². The van der Waals surface area contributed by atoms with Crippen LogP contribution < -0.4 is 20.2 Å². The van der Waals surface area contributed by atoms with Gasteiger partial charge in [0, 0.05) is 6.42 Å². The van der Waals surface area contributed by atoms with Crippen LogP contribution >= 0.6 is 23.2 Å². The van der Waals surface area contributed by atoms with E-state index in [4.69, 9.17) is 37.4 Å². The van der Waals surface area contributed by atoms with E-state index in [1.807, 2.05) is 36.4 Å². The van der Waals surface area contributed by atoms with Gasteiger partial charge in [-0.1, -0.05) is 59.6 Å². The number of halogens is 2. The molecule has 0 aliphatic heterocycles. The van der Waals surface area contributed by atoms with Crippen molar-refractivity contribution in [2.75, 3.05) is 13.7 Å². The lowest BCUT2D eigenvalue weighted by Crippen LogP contribution is -2.47. The van der Waals surface area contributed by atoms with E-state index in [2.05, 4.69) is 15.8 Å². The number of nitrogens with one attached hydrogen (secondary N) is 2. The monoisotopic (exact) mass is 543 g/mol. The van der Waals surface area contributed by atoms with Gasteiger partial charge in [0.25, 0.3) is 5.91 Å². The Morgan fingerprint density at radius 1 is 0.973 bits per heavy atom. The highest BCUT2D eigenvalue weighted by atomic mass is 35.5. The molecule has 0 bridgehead atoms. The van der Waals surface area contributed by atoms with E-state index in [9.17, 15) is 9.59 Å². The van der Waals surface area contributed by atoms with E-state index in [0.29, 0.717) is 27.1 Å². The van der Waals surface area contributed by atoms with Crippen molar-refractivity contribution in [1.82, 2.24) is 10.7 Å². The summed E-state index contributed by atoms with van der Waals surface area (Å²) in [6.07, 6.45) is 1.07. The third kappa shape index (κ3) is 8.70. The van der Waals surface area contributed by atoms with Crippen molar-refractivity contribution < 1.29 is 23.8 Å². The Labute approximate surface area is 225 Å². The number of methoxy groups -OCH3 is 1. The summed E-state index contributed by atoms with van der Waals surface area (Å²) in [6, 6.07) is 19.0. The molecular formula is C27H27Cl2N3O5. The first-order valence-corrected chi connectivity index (χ1v) is 12.2. The Kier molecular flexibility index (Phi) is 10.6. The van der Waals surface area contributed by atoms with Crippen molar-refractivity contribution in [3.8, 4) is 11.5 Å². The number of rotatable bonds is 11. The van der Waals surface area contributed by atoms with E-state index in [-0.39, 0.29) is 19.6 Å². The normalized spacial score (nSPS) is 11.6. The zero-order chi connectivity index (χ0) is 26.6. The van der Waals surface area contributed by atoms with Crippen LogP contribution in [0.3, 0.4) is 0 Å². The third-order valence-corrected chi connectivity index (χ3v) is 5.86. The highest BCUT2D eigenvalue weighted by Crippen LogP contribution is 2.29. The number of hydrogen-bond acceptors (Lipinski definition) is 6. The lowest BCUT2D eigenvalue weighted by Gasteiger charge is -2.16. The molecule has 10 heteroatoms. The summed E-state index contributed by atoms with van der Waals surface area (Å²) in [4.78, 5) is 24.7. The molecule has 2 amide bonds. The highest BCUT2D eigenvalue weighted by Gasteiger charge is 2.21. The molecule has 194 valence electrons. The molecular weight excluding hydrogens is 517 g/mol. The molecule has 3 rings (SSSR count).